The third-order valence-corrected chi connectivity index (χ3v) is 4.28. The first-order valence-corrected chi connectivity index (χ1v) is 7.79. The number of rotatable bonds is 4. The minimum atomic E-state index is -0.385. The molecular formula is C13H14N2O3S2. The summed E-state index contributed by atoms with van der Waals surface area (Å²) in [6.07, 6.45) is 0. The van der Waals surface area contributed by atoms with Crippen LogP contribution >= 0.6 is 22.7 Å². The summed E-state index contributed by atoms with van der Waals surface area (Å²) in [6.45, 7) is 4.18. The van der Waals surface area contributed by atoms with E-state index in [0.29, 0.717) is 22.8 Å². The van der Waals surface area contributed by atoms with Crippen LogP contribution in [0.25, 0.3) is 0 Å². The molecule has 5 nitrogen and oxygen atoms in total. The number of carbonyl (C=O) groups excluding carboxylic acids is 2. The molecule has 0 spiro atoms. The van der Waals surface area contributed by atoms with E-state index < -0.39 is 0 Å². The molecule has 2 N–H and O–H groups in total. The van der Waals surface area contributed by atoms with Gasteiger partial charge in [0.15, 0.2) is 0 Å². The Balaban J connectivity index is 1.97. The Hall–Kier alpha value is -1.86. The van der Waals surface area contributed by atoms with E-state index in [9.17, 15) is 9.59 Å². The Bertz CT molecular complexity index is 619. The number of carbonyl (C=O) groups is 2. The van der Waals surface area contributed by atoms with E-state index in [1.54, 1.807) is 16.8 Å². The van der Waals surface area contributed by atoms with Gasteiger partial charge in [-0.15, -0.1) is 11.3 Å². The van der Waals surface area contributed by atoms with E-state index >= 15 is 0 Å². The highest BCUT2D eigenvalue weighted by atomic mass is 32.1. The van der Waals surface area contributed by atoms with Crippen molar-refractivity contribution in [3.8, 4) is 5.75 Å². The van der Waals surface area contributed by atoms with Crippen molar-refractivity contribution in [1.82, 2.24) is 10.9 Å². The minimum Gasteiger partial charge on any atom is -0.492 e. The van der Waals surface area contributed by atoms with Gasteiger partial charge in [-0.25, -0.2) is 0 Å². The SMILES string of the molecule is CCOc1ccsc1C(=O)NNC(=O)c1cscc1C. The molecule has 7 heteroatoms. The molecule has 106 valence electrons. The highest BCUT2D eigenvalue weighted by molar-refractivity contribution is 7.12. The van der Waals surface area contributed by atoms with Crippen LogP contribution in [0.15, 0.2) is 22.2 Å². The lowest BCUT2D eigenvalue weighted by Gasteiger charge is -2.08. The zero-order chi connectivity index (χ0) is 14.5. The smallest absolute Gasteiger partial charge is 0.283 e. The average Bonchev–Trinajstić information content (AvgIpc) is 3.05. The van der Waals surface area contributed by atoms with Gasteiger partial charge in [-0.2, -0.15) is 11.3 Å². The summed E-state index contributed by atoms with van der Waals surface area (Å²) in [5.74, 6) is -0.188. The predicted octanol–water partition coefficient (Wildman–Crippen LogP) is 2.59. The molecule has 0 saturated carbocycles. The molecule has 0 saturated heterocycles. The molecule has 0 fully saturated rings. The second-order valence-electron chi connectivity index (χ2n) is 3.92. The number of thiophene rings is 2. The minimum absolute atomic E-state index is 0.327. The van der Waals surface area contributed by atoms with Gasteiger partial charge in [0.05, 0.1) is 12.2 Å². The van der Waals surface area contributed by atoms with Crippen molar-refractivity contribution >= 4 is 34.5 Å². The number of hydrogen-bond acceptors (Lipinski definition) is 5. The molecule has 0 unspecified atom stereocenters. The van der Waals surface area contributed by atoms with Crippen molar-refractivity contribution in [2.45, 2.75) is 13.8 Å². The second kappa shape index (κ2) is 6.53. The Kier molecular flexibility index (Phi) is 4.75. The topological polar surface area (TPSA) is 67.4 Å². The first-order valence-electron chi connectivity index (χ1n) is 5.97. The zero-order valence-corrected chi connectivity index (χ0v) is 12.7. The van der Waals surface area contributed by atoms with Gasteiger partial charge in [-0.05, 0) is 36.2 Å². The lowest BCUT2D eigenvalue weighted by atomic mass is 10.2. The number of ether oxygens (including phenoxy) is 1. The molecule has 2 rings (SSSR count). The summed E-state index contributed by atoms with van der Waals surface area (Å²) in [4.78, 5) is 24.3. The maximum atomic E-state index is 12.0. The Morgan fingerprint density at radius 3 is 2.65 bits per heavy atom. The summed E-state index contributed by atoms with van der Waals surface area (Å²) < 4.78 is 5.33. The maximum Gasteiger partial charge on any atom is 0.283 e. The fourth-order valence-corrected chi connectivity index (χ4v) is 3.12. The monoisotopic (exact) mass is 310 g/mol. The molecule has 2 amide bonds. The molecule has 0 atom stereocenters. The van der Waals surface area contributed by atoms with Gasteiger partial charge in [0, 0.05) is 5.38 Å². The number of aryl methyl sites for hydroxylation is 1. The van der Waals surface area contributed by atoms with Crippen LogP contribution in [0.1, 0.15) is 32.5 Å². The highest BCUT2D eigenvalue weighted by Gasteiger charge is 2.16. The standard InChI is InChI=1S/C13H14N2O3S2/c1-3-18-10-4-5-20-11(10)13(17)15-14-12(16)9-7-19-6-8(9)2/h4-7H,3H2,1-2H3,(H,14,16)(H,15,17). The van der Waals surface area contributed by atoms with Gasteiger partial charge in [-0.1, -0.05) is 0 Å². The maximum absolute atomic E-state index is 12.0. The van der Waals surface area contributed by atoms with E-state index in [1.165, 1.54) is 22.7 Å². The zero-order valence-electron chi connectivity index (χ0n) is 11.1. The number of amides is 2. The van der Waals surface area contributed by atoms with Gasteiger partial charge < -0.3 is 4.74 Å². The molecular weight excluding hydrogens is 296 g/mol. The Labute approximate surface area is 124 Å². The van der Waals surface area contributed by atoms with Gasteiger partial charge in [0.1, 0.15) is 10.6 Å². The van der Waals surface area contributed by atoms with Crippen molar-refractivity contribution in [2.75, 3.05) is 6.61 Å². The largest absolute Gasteiger partial charge is 0.492 e. The first-order chi connectivity index (χ1) is 9.63. The van der Waals surface area contributed by atoms with Crippen LogP contribution in [0.2, 0.25) is 0 Å². The summed E-state index contributed by atoms with van der Waals surface area (Å²) >= 11 is 2.71. The van der Waals surface area contributed by atoms with Crippen molar-refractivity contribution < 1.29 is 14.3 Å². The molecule has 0 aliphatic rings. The lowest BCUT2D eigenvalue weighted by Crippen LogP contribution is -2.41. The van der Waals surface area contributed by atoms with E-state index in [1.807, 2.05) is 19.2 Å². The number of hydrazine groups is 1. The lowest BCUT2D eigenvalue weighted by molar-refractivity contribution is 0.0847. The molecule has 2 aromatic rings. The van der Waals surface area contributed by atoms with Crippen LogP contribution in [0.5, 0.6) is 5.75 Å². The molecule has 0 radical (unpaired) electrons. The molecule has 2 aromatic heterocycles. The Morgan fingerprint density at radius 1 is 1.25 bits per heavy atom. The molecule has 20 heavy (non-hydrogen) atoms. The first kappa shape index (κ1) is 14.5. The predicted molar refractivity (Wildman–Crippen MR) is 79.5 cm³/mol. The van der Waals surface area contributed by atoms with Gasteiger partial charge in [0.25, 0.3) is 11.8 Å². The average molecular weight is 310 g/mol. The van der Waals surface area contributed by atoms with Crippen LogP contribution < -0.4 is 15.6 Å². The van der Waals surface area contributed by atoms with Crippen molar-refractivity contribution in [3.63, 3.8) is 0 Å². The van der Waals surface area contributed by atoms with Crippen LogP contribution in [-0.4, -0.2) is 18.4 Å². The molecule has 0 aliphatic carbocycles. The molecule has 0 aromatic carbocycles. The van der Waals surface area contributed by atoms with Crippen molar-refractivity contribution in [2.24, 2.45) is 0 Å². The summed E-state index contributed by atoms with van der Waals surface area (Å²) in [7, 11) is 0. The summed E-state index contributed by atoms with van der Waals surface area (Å²) in [5, 5.41) is 5.39. The normalized spacial score (nSPS) is 10.1. The van der Waals surface area contributed by atoms with E-state index in [-0.39, 0.29) is 11.8 Å². The van der Waals surface area contributed by atoms with Crippen LogP contribution in [0.4, 0.5) is 0 Å². The third-order valence-electron chi connectivity index (χ3n) is 2.52. The molecule has 0 aliphatic heterocycles. The Morgan fingerprint density at radius 2 is 2.00 bits per heavy atom. The fourth-order valence-electron chi connectivity index (χ4n) is 1.56. The van der Waals surface area contributed by atoms with Gasteiger partial charge in [-0.3, -0.25) is 20.4 Å². The van der Waals surface area contributed by atoms with Crippen LogP contribution in [-0.2, 0) is 0 Å². The fraction of sp³-hybridized carbons (Fsp3) is 0.231. The van der Waals surface area contributed by atoms with E-state index in [0.717, 1.165) is 5.56 Å². The van der Waals surface area contributed by atoms with Gasteiger partial charge >= 0.3 is 0 Å². The number of nitrogens with one attached hydrogen (secondary N) is 2. The second-order valence-corrected chi connectivity index (χ2v) is 5.58. The number of hydrogen-bond donors (Lipinski definition) is 2. The molecule has 0 bridgehead atoms. The summed E-state index contributed by atoms with van der Waals surface area (Å²) in [6, 6.07) is 1.73. The van der Waals surface area contributed by atoms with E-state index in [2.05, 4.69) is 10.9 Å². The highest BCUT2D eigenvalue weighted by Crippen LogP contribution is 2.24. The quantitative estimate of drug-likeness (QED) is 0.853. The van der Waals surface area contributed by atoms with E-state index in [4.69, 9.17) is 4.74 Å². The van der Waals surface area contributed by atoms with Crippen molar-refractivity contribution in [3.05, 3.63) is 38.2 Å². The third kappa shape index (κ3) is 3.17. The van der Waals surface area contributed by atoms with Gasteiger partial charge in [0.2, 0.25) is 0 Å². The molecule has 2 heterocycles. The van der Waals surface area contributed by atoms with Crippen LogP contribution in [0.3, 0.4) is 0 Å². The summed E-state index contributed by atoms with van der Waals surface area (Å²) in [5.41, 5.74) is 6.24. The van der Waals surface area contributed by atoms with Crippen LogP contribution in [0, 0.1) is 6.92 Å². The van der Waals surface area contributed by atoms with Crippen molar-refractivity contribution in [1.29, 1.82) is 0 Å².